The molecule has 0 saturated carbocycles. The van der Waals surface area contributed by atoms with Crippen molar-refractivity contribution >= 4 is 29.2 Å². The number of benzene rings is 2. The van der Waals surface area contributed by atoms with E-state index >= 15 is 0 Å². The summed E-state index contributed by atoms with van der Waals surface area (Å²) in [5.41, 5.74) is 1.67. The number of para-hydroxylation sites is 1. The lowest BCUT2D eigenvalue weighted by molar-refractivity contribution is -0.385. The predicted molar refractivity (Wildman–Crippen MR) is 93.4 cm³/mol. The van der Waals surface area contributed by atoms with Crippen LogP contribution < -0.4 is 4.90 Å². The fourth-order valence-corrected chi connectivity index (χ4v) is 2.59. The lowest BCUT2D eigenvalue weighted by Crippen LogP contribution is -2.29. The molecule has 8 nitrogen and oxygen atoms in total. The highest BCUT2D eigenvalue weighted by Gasteiger charge is 2.32. The van der Waals surface area contributed by atoms with Crippen LogP contribution >= 0.6 is 0 Å². The van der Waals surface area contributed by atoms with Crippen LogP contribution in [-0.4, -0.2) is 34.4 Å². The number of carbonyl (C=O) groups excluding carboxylic acids is 1. The van der Waals surface area contributed by atoms with Gasteiger partial charge in [-0.15, -0.1) is 5.10 Å². The molecular weight excluding hydrogens is 324 g/mol. The van der Waals surface area contributed by atoms with Crippen LogP contribution in [0.25, 0.3) is 0 Å². The summed E-state index contributed by atoms with van der Waals surface area (Å²) in [5, 5.41) is 28.2. The molecule has 0 unspecified atom stereocenters. The lowest BCUT2D eigenvalue weighted by Gasteiger charge is -2.12. The molecule has 0 aliphatic carbocycles. The second-order valence-corrected chi connectivity index (χ2v) is 5.26. The molecule has 0 aromatic heterocycles. The van der Waals surface area contributed by atoms with Gasteiger partial charge in [0.25, 0.3) is 5.91 Å². The van der Waals surface area contributed by atoms with Crippen molar-refractivity contribution in [2.45, 2.75) is 6.92 Å². The largest absolute Gasteiger partial charge is 0.502 e. The van der Waals surface area contributed by atoms with Gasteiger partial charge in [-0.1, -0.05) is 18.2 Å². The molecule has 0 bridgehead atoms. The lowest BCUT2D eigenvalue weighted by atomic mass is 10.1. The van der Waals surface area contributed by atoms with E-state index in [1.165, 1.54) is 24.4 Å². The Balaban J connectivity index is 1.92. The molecule has 3 rings (SSSR count). The van der Waals surface area contributed by atoms with Crippen molar-refractivity contribution in [1.82, 2.24) is 0 Å². The topological polar surface area (TPSA) is 108 Å². The summed E-state index contributed by atoms with van der Waals surface area (Å²) in [7, 11) is 0. The molecule has 0 fully saturated rings. The van der Waals surface area contributed by atoms with Crippen LogP contribution in [0.1, 0.15) is 18.1 Å². The molecule has 8 heteroatoms. The van der Waals surface area contributed by atoms with Crippen LogP contribution in [0.5, 0.6) is 5.75 Å². The number of fused-ring (bicyclic) bond motifs is 1. The van der Waals surface area contributed by atoms with E-state index in [0.29, 0.717) is 17.7 Å². The number of nitrogens with zero attached hydrogens (tertiary/aromatic N) is 4. The Morgan fingerprint density at radius 2 is 2.04 bits per heavy atom. The molecule has 0 radical (unpaired) electrons. The van der Waals surface area contributed by atoms with Crippen molar-refractivity contribution in [2.24, 2.45) is 10.2 Å². The van der Waals surface area contributed by atoms with Crippen LogP contribution in [0.2, 0.25) is 0 Å². The van der Waals surface area contributed by atoms with Crippen molar-refractivity contribution in [2.75, 3.05) is 11.4 Å². The highest BCUT2D eigenvalue weighted by atomic mass is 16.6. The minimum absolute atomic E-state index is 0.224. The van der Waals surface area contributed by atoms with Crippen molar-refractivity contribution in [3.05, 3.63) is 63.7 Å². The zero-order valence-electron chi connectivity index (χ0n) is 13.3. The van der Waals surface area contributed by atoms with Gasteiger partial charge in [0, 0.05) is 23.7 Å². The Kier molecular flexibility index (Phi) is 4.25. The summed E-state index contributed by atoms with van der Waals surface area (Å²) in [6, 6.07) is 11.2. The van der Waals surface area contributed by atoms with E-state index in [2.05, 4.69) is 10.2 Å². The molecule has 1 amide bonds. The summed E-state index contributed by atoms with van der Waals surface area (Å²) in [4.78, 5) is 24.2. The van der Waals surface area contributed by atoms with Gasteiger partial charge < -0.3 is 10.0 Å². The quantitative estimate of drug-likeness (QED) is 0.525. The molecule has 0 saturated heterocycles. The van der Waals surface area contributed by atoms with Gasteiger partial charge in [-0.3, -0.25) is 14.9 Å². The number of aromatic hydroxyl groups is 1. The Morgan fingerprint density at radius 3 is 2.76 bits per heavy atom. The number of rotatable bonds is 4. The Bertz CT molecular complexity index is 921. The standard InChI is InChI=1S/C17H14N4O4/c1-2-20-13-6-4-3-5-12(13)16(17(20)23)19-18-10-11-7-8-15(22)14(9-11)21(24)25/h3-10,22H,2H2,1H3/b18-10-,19-16+. The molecule has 1 heterocycles. The van der Waals surface area contributed by atoms with Crippen molar-refractivity contribution in [1.29, 1.82) is 0 Å². The van der Waals surface area contributed by atoms with Gasteiger partial charge in [-0.05, 0) is 25.1 Å². The van der Waals surface area contributed by atoms with Gasteiger partial charge in [0.1, 0.15) is 0 Å². The summed E-state index contributed by atoms with van der Waals surface area (Å²) in [5.74, 6) is -0.663. The number of phenols is 1. The third kappa shape index (κ3) is 2.97. The number of hydrogen-bond acceptors (Lipinski definition) is 6. The number of hydrogen-bond donors (Lipinski definition) is 1. The summed E-state index contributed by atoms with van der Waals surface area (Å²) < 4.78 is 0. The third-order valence-corrected chi connectivity index (χ3v) is 3.77. The third-order valence-electron chi connectivity index (χ3n) is 3.77. The Labute approximate surface area is 142 Å². The summed E-state index contributed by atoms with van der Waals surface area (Å²) in [6.45, 7) is 2.39. The van der Waals surface area contributed by atoms with Crippen LogP contribution in [-0.2, 0) is 4.79 Å². The van der Waals surface area contributed by atoms with E-state index in [1.807, 2.05) is 25.1 Å². The number of phenolic OH excluding ortho intramolecular Hbond substituents is 1. The maximum atomic E-state index is 12.4. The molecule has 0 atom stereocenters. The normalized spacial score (nSPS) is 15.2. The number of carbonyl (C=O) groups is 1. The molecule has 2 aromatic rings. The molecule has 1 N–H and O–H groups in total. The van der Waals surface area contributed by atoms with Crippen LogP contribution in [0, 0.1) is 10.1 Å². The summed E-state index contributed by atoms with van der Waals surface area (Å²) >= 11 is 0. The zero-order chi connectivity index (χ0) is 18.0. The van der Waals surface area contributed by atoms with E-state index < -0.39 is 16.4 Å². The first-order valence-electron chi connectivity index (χ1n) is 7.52. The number of amides is 1. The first-order chi connectivity index (χ1) is 12.0. The van der Waals surface area contributed by atoms with Gasteiger partial charge in [0.05, 0.1) is 16.8 Å². The second kappa shape index (κ2) is 6.52. The Morgan fingerprint density at radius 1 is 1.28 bits per heavy atom. The van der Waals surface area contributed by atoms with Crippen LogP contribution in [0.3, 0.4) is 0 Å². The smallest absolute Gasteiger partial charge is 0.311 e. The van der Waals surface area contributed by atoms with E-state index in [-0.39, 0.29) is 11.6 Å². The van der Waals surface area contributed by atoms with E-state index in [4.69, 9.17) is 0 Å². The molecule has 126 valence electrons. The van der Waals surface area contributed by atoms with E-state index in [1.54, 1.807) is 11.0 Å². The van der Waals surface area contributed by atoms with Crippen LogP contribution in [0.15, 0.2) is 52.7 Å². The van der Waals surface area contributed by atoms with Gasteiger partial charge >= 0.3 is 5.69 Å². The SMILES string of the molecule is CCN1C(=O)/C(=N/N=C\c2ccc(O)c([N+](=O)[O-])c2)c2ccccc21. The minimum atomic E-state index is -0.686. The maximum Gasteiger partial charge on any atom is 0.311 e. The first-order valence-corrected chi connectivity index (χ1v) is 7.52. The maximum absolute atomic E-state index is 12.4. The van der Waals surface area contributed by atoms with Gasteiger partial charge in [-0.25, -0.2) is 0 Å². The van der Waals surface area contributed by atoms with Gasteiger partial charge in [0.15, 0.2) is 11.5 Å². The number of likely N-dealkylation sites (N-methyl/N-ethyl adjacent to an activating group) is 1. The highest BCUT2D eigenvalue weighted by Crippen LogP contribution is 2.29. The molecule has 25 heavy (non-hydrogen) atoms. The van der Waals surface area contributed by atoms with Crippen molar-refractivity contribution < 1.29 is 14.8 Å². The highest BCUT2D eigenvalue weighted by molar-refractivity contribution is 6.54. The fraction of sp³-hybridized carbons (Fsp3) is 0.118. The van der Waals surface area contributed by atoms with Crippen LogP contribution in [0.4, 0.5) is 11.4 Å². The average Bonchev–Trinajstić information content (AvgIpc) is 2.87. The van der Waals surface area contributed by atoms with Gasteiger partial charge in [0.2, 0.25) is 0 Å². The minimum Gasteiger partial charge on any atom is -0.502 e. The first kappa shape index (κ1) is 16.3. The van der Waals surface area contributed by atoms with Crippen molar-refractivity contribution in [3.63, 3.8) is 0 Å². The number of nitro groups is 1. The van der Waals surface area contributed by atoms with E-state index in [9.17, 15) is 20.0 Å². The number of nitro benzene ring substituents is 1. The fourth-order valence-electron chi connectivity index (χ4n) is 2.59. The molecule has 0 spiro atoms. The second-order valence-electron chi connectivity index (χ2n) is 5.26. The zero-order valence-corrected chi connectivity index (χ0v) is 13.3. The average molecular weight is 338 g/mol. The van der Waals surface area contributed by atoms with E-state index in [0.717, 1.165) is 5.69 Å². The summed E-state index contributed by atoms with van der Waals surface area (Å²) in [6.07, 6.45) is 1.30. The molecular formula is C17H14N4O4. The van der Waals surface area contributed by atoms with Crippen molar-refractivity contribution in [3.8, 4) is 5.75 Å². The predicted octanol–water partition coefficient (Wildman–Crippen LogP) is 2.49. The molecule has 1 aliphatic rings. The molecule has 1 aliphatic heterocycles. The Hall–Kier alpha value is -3.55. The van der Waals surface area contributed by atoms with Gasteiger partial charge in [-0.2, -0.15) is 5.10 Å². The number of anilines is 1. The molecule has 2 aromatic carbocycles. The monoisotopic (exact) mass is 338 g/mol.